The molecular formula is C16H26N4O. The Morgan fingerprint density at radius 1 is 1.29 bits per heavy atom. The van der Waals surface area contributed by atoms with Crippen molar-refractivity contribution in [2.45, 2.75) is 62.7 Å². The Kier molecular flexibility index (Phi) is 4.19. The minimum absolute atomic E-state index is 0.0603. The van der Waals surface area contributed by atoms with Gasteiger partial charge >= 0.3 is 0 Å². The van der Waals surface area contributed by atoms with Crippen molar-refractivity contribution < 1.29 is 4.79 Å². The van der Waals surface area contributed by atoms with E-state index >= 15 is 0 Å². The van der Waals surface area contributed by atoms with Crippen LogP contribution in [0.1, 0.15) is 38.5 Å². The van der Waals surface area contributed by atoms with Gasteiger partial charge in [-0.3, -0.25) is 4.79 Å². The molecule has 0 bridgehead atoms. The van der Waals surface area contributed by atoms with Crippen molar-refractivity contribution in [2.24, 2.45) is 5.92 Å². The minimum atomic E-state index is -0.198. The maximum Gasteiger partial charge on any atom is 0.240 e. The number of amides is 1. The molecule has 2 aliphatic heterocycles. The molecule has 2 saturated heterocycles. The van der Waals surface area contributed by atoms with Crippen molar-refractivity contribution in [3.8, 4) is 6.07 Å². The van der Waals surface area contributed by atoms with E-state index in [0.29, 0.717) is 18.0 Å². The maximum absolute atomic E-state index is 12.7. The highest BCUT2D eigenvalue weighted by atomic mass is 16.2. The first kappa shape index (κ1) is 14.8. The van der Waals surface area contributed by atoms with Crippen LogP contribution in [0.2, 0.25) is 0 Å². The molecule has 0 radical (unpaired) electrons. The number of carbonyl (C=O) groups is 1. The van der Waals surface area contributed by atoms with Crippen LogP contribution in [0.5, 0.6) is 0 Å². The number of nitriles is 1. The molecule has 3 rings (SSSR count). The lowest BCUT2D eigenvalue weighted by Gasteiger charge is -2.35. The number of hydrogen-bond donors (Lipinski definition) is 1. The van der Waals surface area contributed by atoms with Crippen molar-refractivity contribution >= 4 is 5.91 Å². The first-order valence-corrected chi connectivity index (χ1v) is 8.22. The Morgan fingerprint density at radius 3 is 2.81 bits per heavy atom. The first-order valence-electron chi connectivity index (χ1n) is 8.22. The fourth-order valence-electron chi connectivity index (χ4n) is 4.33. The van der Waals surface area contributed by atoms with Crippen LogP contribution in [0, 0.1) is 17.2 Å². The van der Waals surface area contributed by atoms with E-state index in [9.17, 15) is 4.79 Å². The van der Waals surface area contributed by atoms with Crippen LogP contribution >= 0.6 is 0 Å². The van der Waals surface area contributed by atoms with Crippen molar-refractivity contribution in [3.05, 3.63) is 0 Å². The lowest BCUT2D eigenvalue weighted by atomic mass is 9.82. The highest BCUT2D eigenvalue weighted by Gasteiger charge is 2.43. The van der Waals surface area contributed by atoms with Gasteiger partial charge in [0.25, 0.3) is 0 Å². The molecule has 3 fully saturated rings. The summed E-state index contributed by atoms with van der Waals surface area (Å²) >= 11 is 0. The zero-order valence-electron chi connectivity index (χ0n) is 13.1. The van der Waals surface area contributed by atoms with Gasteiger partial charge < -0.3 is 15.1 Å². The molecule has 1 N–H and O–H groups in total. The third kappa shape index (κ3) is 2.79. The summed E-state index contributed by atoms with van der Waals surface area (Å²) in [5.74, 6) is 0.799. The summed E-state index contributed by atoms with van der Waals surface area (Å²) in [6, 6.07) is 3.12. The van der Waals surface area contributed by atoms with Gasteiger partial charge in [-0.25, -0.2) is 0 Å². The fraction of sp³-hybridized carbons (Fsp3) is 0.875. The van der Waals surface area contributed by atoms with Gasteiger partial charge in [0, 0.05) is 18.6 Å². The highest BCUT2D eigenvalue weighted by Crippen LogP contribution is 2.35. The van der Waals surface area contributed by atoms with Crippen LogP contribution in [-0.2, 0) is 4.79 Å². The van der Waals surface area contributed by atoms with Gasteiger partial charge in [-0.05, 0) is 58.5 Å². The molecule has 0 aromatic carbocycles. The SMILES string of the molecule is CN(C)C1CC[C@H]2C[C@@H](C(=O)N3CCC[C@H]3C#N)N[C@H]2C1. The van der Waals surface area contributed by atoms with Crippen LogP contribution < -0.4 is 5.32 Å². The maximum atomic E-state index is 12.7. The van der Waals surface area contributed by atoms with E-state index in [4.69, 9.17) is 5.26 Å². The average Bonchev–Trinajstić information content (AvgIpc) is 3.11. The molecule has 0 aromatic rings. The predicted molar refractivity (Wildman–Crippen MR) is 80.5 cm³/mol. The summed E-state index contributed by atoms with van der Waals surface area (Å²) in [4.78, 5) is 16.8. The number of rotatable bonds is 2. The molecule has 5 nitrogen and oxygen atoms in total. The third-order valence-corrected chi connectivity index (χ3v) is 5.63. The monoisotopic (exact) mass is 290 g/mol. The zero-order valence-corrected chi connectivity index (χ0v) is 13.1. The zero-order chi connectivity index (χ0) is 15.0. The van der Waals surface area contributed by atoms with E-state index in [2.05, 4.69) is 30.4 Å². The van der Waals surface area contributed by atoms with Gasteiger partial charge in [0.05, 0.1) is 12.1 Å². The van der Waals surface area contributed by atoms with E-state index < -0.39 is 0 Å². The molecule has 1 saturated carbocycles. The Hall–Kier alpha value is -1.12. The van der Waals surface area contributed by atoms with Crippen LogP contribution in [0.4, 0.5) is 0 Å². The van der Waals surface area contributed by atoms with E-state index in [0.717, 1.165) is 32.2 Å². The van der Waals surface area contributed by atoms with Gasteiger partial charge in [-0.15, -0.1) is 0 Å². The van der Waals surface area contributed by atoms with E-state index in [1.807, 2.05) is 0 Å². The van der Waals surface area contributed by atoms with Gasteiger partial charge in [-0.1, -0.05) is 0 Å². The molecule has 21 heavy (non-hydrogen) atoms. The van der Waals surface area contributed by atoms with Crippen molar-refractivity contribution in [3.63, 3.8) is 0 Å². The molecule has 1 aliphatic carbocycles. The number of fused-ring (bicyclic) bond motifs is 1. The Bertz CT molecular complexity index is 444. The molecule has 1 amide bonds. The second-order valence-electron chi connectivity index (χ2n) is 7.07. The number of carbonyl (C=O) groups excluding carboxylic acids is 1. The molecule has 5 atom stereocenters. The lowest BCUT2D eigenvalue weighted by Crippen LogP contribution is -2.48. The number of likely N-dealkylation sites (tertiary alicyclic amines) is 1. The quantitative estimate of drug-likeness (QED) is 0.823. The summed E-state index contributed by atoms with van der Waals surface area (Å²) in [6.07, 6.45) is 6.35. The number of nitrogens with zero attached hydrogens (tertiary/aromatic N) is 3. The number of hydrogen-bond acceptors (Lipinski definition) is 4. The highest BCUT2D eigenvalue weighted by molar-refractivity contribution is 5.83. The topological polar surface area (TPSA) is 59.4 Å². The Morgan fingerprint density at radius 2 is 2.10 bits per heavy atom. The van der Waals surface area contributed by atoms with Gasteiger partial charge in [0.15, 0.2) is 0 Å². The van der Waals surface area contributed by atoms with Gasteiger partial charge in [0.2, 0.25) is 5.91 Å². The molecular weight excluding hydrogens is 264 g/mol. The first-order chi connectivity index (χ1) is 10.1. The standard InChI is InChI=1S/C16H26N4O/c1-19(2)12-6-5-11-8-15(18-14(11)9-12)16(21)20-7-3-4-13(20)10-17/h11-15,18H,3-9H2,1-2H3/t11-,12?,13-,14-,15-/m0/s1. The summed E-state index contributed by atoms with van der Waals surface area (Å²) in [7, 11) is 4.29. The minimum Gasteiger partial charge on any atom is -0.325 e. The Balaban J connectivity index is 1.62. The molecule has 2 heterocycles. The molecule has 0 aromatic heterocycles. The molecule has 116 valence electrons. The Labute approximate surface area is 127 Å². The largest absolute Gasteiger partial charge is 0.325 e. The normalized spacial score (nSPS) is 39.3. The van der Waals surface area contributed by atoms with Crippen LogP contribution in [-0.4, -0.2) is 60.5 Å². The molecule has 5 heteroatoms. The van der Waals surface area contributed by atoms with E-state index in [1.54, 1.807) is 4.90 Å². The smallest absolute Gasteiger partial charge is 0.240 e. The van der Waals surface area contributed by atoms with Crippen LogP contribution in [0.3, 0.4) is 0 Å². The van der Waals surface area contributed by atoms with Crippen molar-refractivity contribution in [1.29, 1.82) is 5.26 Å². The molecule has 3 aliphatic rings. The van der Waals surface area contributed by atoms with Gasteiger partial charge in [0.1, 0.15) is 6.04 Å². The fourth-order valence-corrected chi connectivity index (χ4v) is 4.33. The van der Waals surface area contributed by atoms with E-state index in [1.165, 1.54) is 12.8 Å². The van der Waals surface area contributed by atoms with Crippen LogP contribution in [0.15, 0.2) is 0 Å². The summed E-state index contributed by atoms with van der Waals surface area (Å²) in [5.41, 5.74) is 0. The number of nitrogens with one attached hydrogen (secondary N) is 1. The van der Waals surface area contributed by atoms with E-state index in [-0.39, 0.29) is 18.0 Å². The second kappa shape index (κ2) is 5.94. The lowest BCUT2D eigenvalue weighted by molar-refractivity contribution is -0.133. The van der Waals surface area contributed by atoms with Crippen molar-refractivity contribution in [1.82, 2.24) is 15.1 Å². The van der Waals surface area contributed by atoms with Crippen LogP contribution in [0.25, 0.3) is 0 Å². The second-order valence-corrected chi connectivity index (χ2v) is 7.07. The average molecular weight is 290 g/mol. The summed E-state index contributed by atoms with van der Waals surface area (Å²) in [6.45, 7) is 0.755. The third-order valence-electron chi connectivity index (χ3n) is 5.63. The summed E-state index contributed by atoms with van der Waals surface area (Å²) in [5, 5.41) is 12.7. The predicted octanol–water partition coefficient (Wildman–Crippen LogP) is 0.962. The molecule has 0 spiro atoms. The summed E-state index contributed by atoms with van der Waals surface area (Å²) < 4.78 is 0. The van der Waals surface area contributed by atoms with Crippen molar-refractivity contribution in [2.75, 3.05) is 20.6 Å². The van der Waals surface area contributed by atoms with Gasteiger partial charge in [-0.2, -0.15) is 5.26 Å². The molecule has 1 unspecified atom stereocenters.